The van der Waals surface area contributed by atoms with Gasteiger partial charge in [-0.3, -0.25) is 0 Å². The van der Waals surface area contributed by atoms with E-state index in [1.807, 2.05) is 0 Å². The number of rotatable bonds is 5. The monoisotopic (exact) mass is 636 g/mol. The number of aromatic nitrogens is 2. The highest BCUT2D eigenvalue weighted by atomic mass is 15.0. The summed E-state index contributed by atoms with van der Waals surface area (Å²) in [6.07, 6.45) is 0. The van der Waals surface area contributed by atoms with Gasteiger partial charge in [0, 0.05) is 32.9 Å². The Labute approximate surface area is 290 Å². The van der Waals surface area contributed by atoms with Crippen LogP contribution in [-0.2, 0) is 0 Å². The van der Waals surface area contributed by atoms with Gasteiger partial charge < -0.3 is 9.13 Å². The van der Waals surface area contributed by atoms with E-state index in [-0.39, 0.29) is 0 Å². The number of nitrogens with zero attached hydrogens (tertiary/aromatic N) is 2. The second kappa shape index (κ2) is 11.5. The molecule has 2 nitrogen and oxygen atoms in total. The molecule has 8 aromatic carbocycles. The standard InChI is InChI=1S/C48H32N2/c1-3-14-33(15-4-1)36-28-37(34-16-5-2-6-17-34)30-38(29-36)35-18-13-19-39(31-35)49-47-25-12-9-22-43(47)44-32-40(26-27-48(44)49)50-45-23-10-7-20-41(45)42-21-8-11-24-46(42)50/h1-32H. The van der Waals surface area contributed by atoms with E-state index in [1.165, 1.54) is 77.0 Å². The van der Waals surface area contributed by atoms with E-state index in [9.17, 15) is 0 Å². The van der Waals surface area contributed by atoms with E-state index >= 15 is 0 Å². The van der Waals surface area contributed by atoms with E-state index in [0.29, 0.717) is 0 Å². The first-order valence-corrected chi connectivity index (χ1v) is 17.2. The first kappa shape index (κ1) is 28.4. The minimum absolute atomic E-state index is 1.14. The lowest BCUT2D eigenvalue weighted by Gasteiger charge is -2.14. The molecule has 0 radical (unpaired) electrons. The molecule has 10 rings (SSSR count). The fourth-order valence-corrected chi connectivity index (χ4v) is 7.79. The van der Waals surface area contributed by atoms with Crippen molar-refractivity contribution in [1.29, 1.82) is 0 Å². The fourth-order valence-electron chi connectivity index (χ4n) is 7.79. The van der Waals surface area contributed by atoms with Crippen LogP contribution in [0.1, 0.15) is 0 Å². The Balaban J connectivity index is 1.16. The molecular formula is C48H32N2. The van der Waals surface area contributed by atoms with Crippen molar-refractivity contribution in [2.75, 3.05) is 0 Å². The molecule has 0 atom stereocenters. The third kappa shape index (κ3) is 4.57. The predicted molar refractivity (Wildman–Crippen MR) is 211 cm³/mol. The molecule has 2 heterocycles. The number of para-hydroxylation sites is 3. The Kier molecular flexibility index (Phi) is 6.53. The molecule has 0 fully saturated rings. The van der Waals surface area contributed by atoms with Crippen molar-refractivity contribution in [1.82, 2.24) is 9.13 Å². The van der Waals surface area contributed by atoms with Crippen molar-refractivity contribution in [2.45, 2.75) is 0 Å². The minimum Gasteiger partial charge on any atom is -0.309 e. The average Bonchev–Trinajstić information content (AvgIpc) is 3.71. The lowest BCUT2D eigenvalue weighted by atomic mass is 9.93. The van der Waals surface area contributed by atoms with Crippen LogP contribution in [0.4, 0.5) is 0 Å². The molecule has 0 unspecified atom stereocenters. The Morgan fingerprint density at radius 2 is 0.620 bits per heavy atom. The van der Waals surface area contributed by atoms with Crippen LogP contribution in [0, 0.1) is 0 Å². The molecule has 50 heavy (non-hydrogen) atoms. The van der Waals surface area contributed by atoms with Gasteiger partial charge in [0.25, 0.3) is 0 Å². The summed E-state index contributed by atoms with van der Waals surface area (Å²) in [7, 11) is 0. The maximum Gasteiger partial charge on any atom is 0.0542 e. The molecule has 0 aliphatic rings. The molecule has 234 valence electrons. The second-order valence-corrected chi connectivity index (χ2v) is 13.0. The summed E-state index contributed by atoms with van der Waals surface area (Å²) in [5, 5.41) is 5.03. The molecule has 0 bridgehead atoms. The van der Waals surface area contributed by atoms with Gasteiger partial charge in [0.2, 0.25) is 0 Å². The van der Waals surface area contributed by atoms with Crippen molar-refractivity contribution in [3.63, 3.8) is 0 Å². The van der Waals surface area contributed by atoms with Gasteiger partial charge in [-0.15, -0.1) is 0 Å². The van der Waals surface area contributed by atoms with Crippen molar-refractivity contribution in [3.8, 4) is 44.8 Å². The highest BCUT2D eigenvalue weighted by molar-refractivity contribution is 6.12. The van der Waals surface area contributed by atoms with E-state index < -0.39 is 0 Å². The highest BCUT2D eigenvalue weighted by Gasteiger charge is 2.17. The van der Waals surface area contributed by atoms with Crippen LogP contribution < -0.4 is 0 Å². The van der Waals surface area contributed by atoms with Gasteiger partial charge in [0.15, 0.2) is 0 Å². The maximum atomic E-state index is 2.42. The molecule has 0 N–H and O–H groups in total. The van der Waals surface area contributed by atoms with Gasteiger partial charge >= 0.3 is 0 Å². The third-order valence-electron chi connectivity index (χ3n) is 10.1. The van der Waals surface area contributed by atoms with Crippen LogP contribution in [-0.4, -0.2) is 9.13 Å². The topological polar surface area (TPSA) is 9.86 Å². The van der Waals surface area contributed by atoms with Crippen LogP contribution in [0.2, 0.25) is 0 Å². The summed E-state index contributed by atoms with van der Waals surface area (Å²) in [5.74, 6) is 0. The van der Waals surface area contributed by atoms with E-state index in [1.54, 1.807) is 0 Å². The minimum atomic E-state index is 1.14. The Bertz CT molecular complexity index is 2740. The highest BCUT2D eigenvalue weighted by Crippen LogP contribution is 2.38. The van der Waals surface area contributed by atoms with Crippen LogP contribution in [0.15, 0.2) is 194 Å². The van der Waals surface area contributed by atoms with Gasteiger partial charge in [0.1, 0.15) is 0 Å². The SMILES string of the molecule is c1ccc(-c2cc(-c3ccccc3)cc(-c3cccc(-n4c5ccccc5c5cc(-n6c7ccccc7c7ccccc76)ccc54)c3)c2)cc1. The van der Waals surface area contributed by atoms with Crippen molar-refractivity contribution >= 4 is 43.6 Å². The molecule has 10 aromatic rings. The molecule has 0 aliphatic carbocycles. The molecule has 2 heteroatoms. The largest absolute Gasteiger partial charge is 0.309 e. The Morgan fingerprint density at radius 1 is 0.220 bits per heavy atom. The zero-order valence-corrected chi connectivity index (χ0v) is 27.4. The second-order valence-electron chi connectivity index (χ2n) is 13.0. The summed E-state index contributed by atoms with van der Waals surface area (Å²) in [5.41, 5.74) is 14.4. The van der Waals surface area contributed by atoms with Gasteiger partial charge in [-0.05, 0) is 100 Å². The van der Waals surface area contributed by atoms with E-state index in [4.69, 9.17) is 0 Å². The zero-order chi connectivity index (χ0) is 33.0. The summed E-state index contributed by atoms with van der Waals surface area (Å²) >= 11 is 0. The number of hydrogen-bond donors (Lipinski definition) is 0. The van der Waals surface area contributed by atoms with Crippen molar-refractivity contribution in [3.05, 3.63) is 194 Å². The van der Waals surface area contributed by atoms with Crippen LogP contribution >= 0.6 is 0 Å². The Morgan fingerprint density at radius 3 is 1.16 bits per heavy atom. The maximum absolute atomic E-state index is 2.42. The lowest BCUT2D eigenvalue weighted by molar-refractivity contribution is 1.17. The molecule has 2 aromatic heterocycles. The predicted octanol–water partition coefficient (Wildman–Crippen LogP) is 12.9. The van der Waals surface area contributed by atoms with Gasteiger partial charge in [-0.25, -0.2) is 0 Å². The normalized spacial score (nSPS) is 11.6. The van der Waals surface area contributed by atoms with Crippen LogP contribution in [0.5, 0.6) is 0 Å². The average molecular weight is 637 g/mol. The van der Waals surface area contributed by atoms with E-state index in [2.05, 4.69) is 203 Å². The number of hydrogen-bond acceptors (Lipinski definition) is 0. The quantitative estimate of drug-likeness (QED) is 0.178. The van der Waals surface area contributed by atoms with Crippen molar-refractivity contribution in [2.24, 2.45) is 0 Å². The Hall–Kier alpha value is -6.64. The van der Waals surface area contributed by atoms with Crippen LogP contribution in [0.25, 0.3) is 88.4 Å². The fraction of sp³-hybridized carbons (Fsp3) is 0. The number of benzene rings is 8. The summed E-state index contributed by atoms with van der Waals surface area (Å²) in [4.78, 5) is 0. The summed E-state index contributed by atoms with van der Waals surface area (Å²) in [6, 6.07) is 70.5. The van der Waals surface area contributed by atoms with Gasteiger partial charge in [-0.1, -0.05) is 127 Å². The van der Waals surface area contributed by atoms with Crippen molar-refractivity contribution < 1.29 is 0 Å². The first-order chi connectivity index (χ1) is 24.8. The van der Waals surface area contributed by atoms with Gasteiger partial charge in [-0.2, -0.15) is 0 Å². The lowest BCUT2D eigenvalue weighted by Crippen LogP contribution is -1.96. The summed E-state index contributed by atoms with van der Waals surface area (Å²) < 4.78 is 4.82. The zero-order valence-electron chi connectivity index (χ0n) is 27.4. The summed E-state index contributed by atoms with van der Waals surface area (Å²) in [6.45, 7) is 0. The van der Waals surface area contributed by atoms with E-state index in [0.717, 1.165) is 11.4 Å². The molecular weight excluding hydrogens is 605 g/mol. The molecule has 0 saturated heterocycles. The van der Waals surface area contributed by atoms with Gasteiger partial charge in [0.05, 0.1) is 22.1 Å². The smallest absolute Gasteiger partial charge is 0.0542 e. The number of fused-ring (bicyclic) bond motifs is 6. The molecule has 0 saturated carbocycles. The third-order valence-corrected chi connectivity index (χ3v) is 10.1. The molecule has 0 amide bonds. The molecule has 0 spiro atoms. The molecule has 0 aliphatic heterocycles. The van der Waals surface area contributed by atoms with Crippen LogP contribution in [0.3, 0.4) is 0 Å². The first-order valence-electron chi connectivity index (χ1n) is 17.2.